The summed E-state index contributed by atoms with van der Waals surface area (Å²) >= 11 is 1.48. The molecule has 1 atom stereocenters. The highest BCUT2D eigenvalue weighted by atomic mass is 32.2. The van der Waals surface area contributed by atoms with E-state index in [1.165, 1.54) is 11.8 Å². The zero-order valence-corrected chi connectivity index (χ0v) is 12.0. The lowest BCUT2D eigenvalue weighted by molar-refractivity contribution is -0.117. The molecule has 1 aromatic carbocycles. The first kappa shape index (κ1) is 13.1. The van der Waals surface area contributed by atoms with Gasteiger partial charge in [-0.3, -0.25) is 4.79 Å². The summed E-state index contributed by atoms with van der Waals surface area (Å²) in [7, 11) is 1.78. The molecule has 1 aliphatic rings. The van der Waals surface area contributed by atoms with E-state index in [1.54, 1.807) is 19.4 Å². The van der Waals surface area contributed by atoms with Crippen LogP contribution in [0.25, 0.3) is 0 Å². The third kappa shape index (κ3) is 2.39. The van der Waals surface area contributed by atoms with Crippen molar-refractivity contribution < 1.29 is 4.79 Å². The van der Waals surface area contributed by atoms with Gasteiger partial charge >= 0.3 is 0 Å². The van der Waals surface area contributed by atoms with E-state index in [0.717, 1.165) is 21.7 Å². The Kier molecular flexibility index (Phi) is 3.42. The number of hydrogen-bond donors (Lipinski definition) is 2. The van der Waals surface area contributed by atoms with Crippen molar-refractivity contribution in [1.29, 1.82) is 0 Å². The first-order valence-electron chi connectivity index (χ1n) is 6.26. The number of benzene rings is 1. The van der Waals surface area contributed by atoms with Crippen LogP contribution in [0.2, 0.25) is 0 Å². The highest BCUT2D eigenvalue weighted by Crippen LogP contribution is 2.35. The minimum Gasteiger partial charge on any atom is -0.324 e. The van der Waals surface area contributed by atoms with Crippen molar-refractivity contribution >= 4 is 23.4 Å². The van der Waals surface area contributed by atoms with E-state index in [9.17, 15) is 4.79 Å². The molecule has 1 amide bonds. The van der Waals surface area contributed by atoms with Crippen molar-refractivity contribution in [3.05, 3.63) is 41.7 Å². The molecule has 2 heterocycles. The third-order valence-corrected chi connectivity index (χ3v) is 3.99. The maximum absolute atomic E-state index is 11.8. The lowest BCUT2D eigenvalue weighted by atomic mass is 10.1. The lowest BCUT2D eigenvalue weighted by Crippen LogP contribution is -2.23. The number of rotatable bonds is 3. The molecule has 0 fully saturated rings. The standard InChI is InChI=1S/C14H14N4OS/c1-8-6-16-14(17-7-8)20-9-3-4-10-11(5-9)18-13(19)12(10)15-2/h3-7,12,15H,1-2H3,(H,18,19). The fourth-order valence-corrected chi connectivity index (χ4v) is 2.86. The van der Waals surface area contributed by atoms with Crippen LogP contribution in [0.5, 0.6) is 0 Å². The third-order valence-electron chi connectivity index (χ3n) is 3.11. The van der Waals surface area contributed by atoms with E-state index >= 15 is 0 Å². The zero-order valence-electron chi connectivity index (χ0n) is 11.2. The monoisotopic (exact) mass is 286 g/mol. The average Bonchev–Trinajstić information content (AvgIpc) is 2.76. The summed E-state index contributed by atoms with van der Waals surface area (Å²) in [6.45, 7) is 1.96. The van der Waals surface area contributed by atoms with Gasteiger partial charge in [0.25, 0.3) is 0 Å². The molecule has 1 unspecified atom stereocenters. The van der Waals surface area contributed by atoms with Gasteiger partial charge in [0.1, 0.15) is 6.04 Å². The fourth-order valence-electron chi connectivity index (χ4n) is 2.13. The van der Waals surface area contributed by atoms with Crippen LogP contribution in [-0.2, 0) is 4.79 Å². The van der Waals surface area contributed by atoms with E-state index < -0.39 is 0 Å². The molecule has 2 aromatic rings. The first-order valence-corrected chi connectivity index (χ1v) is 7.07. The number of carbonyl (C=O) groups excluding carboxylic acids is 1. The van der Waals surface area contributed by atoms with E-state index in [1.807, 2.05) is 25.1 Å². The highest BCUT2D eigenvalue weighted by molar-refractivity contribution is 7.99. The number of nitrogens with one attached hydrogen (secondary N) is 2. The molecule has 0 saturated carbocycles. The van der Waals surface area contributed by atoms with Crippen molar-refractivity contribution in [2.45, 2.75) is 23.0 Å². The number of likely N-dealkylation sites (N-methyl/N-ethyl adjacent to an activating group) is 1. The van der Waals surface area contributed by atoms with Crippen LogP contribution in [0.1, 0.15) is 17.2 Å². The molecule has 0 spiro atoms. The summed E-state index contributed by atoms with van der Waals surface area (Å²) in [6.07, 6.45) is 3.59. The number of fused-ring (bicyclic) bond motifs is 1. The summed E-state index contributed by atoms with van der Waals surface area (Å²) in [5, 5.41) is 6.58. The van der Waals surface area contributed by atoms with Crippen LogP contribution in [-0.4, -0.2) is 22.9 Å². The summed E-state index contributed by atoms with van der Waals surface area (Å²) in [4.78, 5) is 21.3. The Morgan fingerprint density at radius 3 is 2.75 bits per heavy atom. The smallest absolute Gasteiger partial charge is 0.246 e. The van der Waals surface area contributed by atoms with E-state index in [2.05, 4.69) is 20.6 Å². The number of carbonyl (C=O) groups is 1. The minimum absolute atomic E-state index is 0.0174. The predicted octanol–water partition coefficient (Wildman–Crippen LogP) is 2.15. The fraction of sp³-hybridized carbons (Fsp3) is 0.214. The Bertz CT molecular complexity index is 657. The number of amides is 1. The molecule has 1 aliphatic heterocycles. The zero-order chi connectivity index (χ0) is 14.1. The van der Waals surface area contributed by atoms with Crippen LogP contribution in [0.4, 0.5) is 5.69 Å². The highest BCUT2D eigenvalue weighted by Gasteiger charge is 2.29. The SMILES string of the molecule is CNC1C(=O)Nc2cc(Sc3ncc(C)cn3)ccc21. The second-order valence-electron chi connectivity index (χ2n) is 4.61. The van der Waals surface area contributed by atoms with Crippen LogP contribution in [0.15, 0.2) is 40.6 Å². The van der Waals surface area contributed by atoms with Gasteiger partial charge in [0.2, 0.25) is 5.91 Å². The van der Waals surface area contributed by atoms with Crippen LogP contribution >= 0.6 is 11.8 Å². The molecule has 0 radical (unpaired) electrons. The quantitative estimate of drug-likeness (QED) is 0.846. The van der Waals surface area contributed by atoms with E-state index in [4.69, 9.17) is 0 Å². The average molecular weight is 286 g/mol. The molecular weight excluding hydrogens is 272 g/mol. The molecule has 0 aliphatic carbocycles. The van der Waals surface area contributed by atoms with Crippen molar-refractivity contribution in [3.63, 3.8) is 0 Å². The molecule has 1 aromatic heterocycles. The molecule has 2 N–H and O–H groups in total. The Hall–Kier alpha value is -1.92. The minimum atomic E-state index is -0.264. The van der Waals surface area contributed by atoms with Gasteiger partial charge in [0.05, 0.1) is 0 Å². The van der Waals surface area contributed by atoms with Gasteiger partial charge in [-0.2, -0.15) is 0 Å². The van der Waals surface area contributed by atoms with Gasteiger partial charge in [-0.25, -0.2) is 9.97 Å². The van der Waals surface area contributed by atoms with Crippen molar-refractivity contribution in [3.8, 4) is 0 Å². The van der Waals surface area contributed by atoms with Gasteiger partial charge in [0, 0.05) is 28.5 Å². The summed E-state index contributed by atoms with van der Waals surface area (Å²) in [6, 6.07) is 5.64. The van der Waals surface area contributed by atoms with Crippen LogP contribution in [0, 0.1) is 6.92 Å². The van der Waals surface area contributed by atoms with Crippen molar-refractivity contribution in [2.24, 2.45) is 0 Å². The topological polar surface area (TPSA) is 66.9 Å². The number of nitrogens with zero attached hydrogens (tertiary/aromatic N) is 2. The summed E-state index contributed by atoms with van der Waals surface area (Å²) in [5.41, 5.74) is 2.87. The number of aryl methyl sites for hydroxylation is 1. The second kappa shape index (κ2) is 5.22. The van der Waals surface area contributed by atoms with Crippen LogP contribution < -0.4 is 10.6 Å². The van der Waals surface area contributed by atoms with Crippen molar-refractivity contribution in [2.75, 3.05) is 12.4 Å². The maximum atomic E-state index is 11.8. The van der Waals surface area contributed by atoms with E-state index in [0.29, 0.717) is 5.16 Å². The molecule has 5 nitrogen and oxygen atoms in total. The number of aromatic nitrogens is 2. The normalized spacial score (nSPS) is 16.9. The van der Waals surface area contributed by atoms with Crippen LogP contribution in [0.3, 0.4) is 0 Å². The van der Waals surface area contributed by atoms with Gasteiger partial charge in [-0.1, -0.05) is 6.07 Å². The molecule has 102 valence electrons. The Labute approximate surface area is 121 Å². The molecule has 0 bridgehead atoms. The molecule has 20 heavy (non-hydrogen) atoms. The summed E-state index contributed by atoms with van der Waals surface area (Å²) in [5.74, 6) is -0.0174. The largest absolute Gasteiger partial charge is 0.324 e. The molecule has 0 saturated heterocycles. The number of anilines is 1. The second-order valence-corrected chi connectivity index (χ2v) is 5.65. The Balaban J connectivity index is 1.85. The van der Waals surface area contributed by atoms with Gasteiger partial charge < -0.3 is 10.6 Å². The first-order chi connectivity index (χ1) is 9.67. The number of hydrogen-bond acceptors (Lipinski definition) is 5. The Morgan fingerprint density at radius 1 is 1.30 bits per heavy atom. The lowest BCUT2D eigenvalue weighted by Gasteiger charge is -2.07. The van der Waals surface area contributed by atoms with Gasteiger partial charge in [0.15, 0.2) is 5.16 Å². The Morgan fingerprint density at radius 2 is 2.05 bits per heavy atom. The molecular formula is C14H14N4OS. The van der Waals surface area contributed by atoms with Gasteiger partial charge in [-0.05, 0) is 43.4 Å². The van der Waals surface area contributed by atoms with Crippen molar-refractivity contribution in [1.82, 2.24) is 15.3 Å². The predicted molar refractivity (Wildman–Crippen MR) is 77.8 cm³/mol. The maximum Gasteiger partial charge on any atom is 0.246 e. The summed E-state index contributed by atoms with van der Waals surface area (Å²) < 4.78 is 0. The molecule has 6 heteroatoms. The molecule has 3 rings (SSSR count). The van der Waals surface area contributed by atoms with E-state index in [-0.39, 0.29) is 11.9 Å². The van der Waals surface area contributed by atoms with Gasteiger partial charge in [-0.15, -0.1) is 0 Å².